The van der Waals surface area contributed by atoms with Crippen LogP contribution in [0.4, 0.5) is 10.2 Å². The van der Waals surface area contributed by atoms with E-state index >= 15 is 0 Å². The Morgan fingerprint density at radius 2 is 2.04 bits per heavy atom. The summed E-state index contributed by atoms with van der Waals surface area (Å²) in [7, 11) is 0. The smallest absolute Gasteiger partial charge is 0.245 e. The van der Waals surface area contributed by atoms with Crippen LogP contribution in [0.2, 0.25) is 0 Å². The molecule has 0 spiro atoms. The van der Waals surface area contributed by atoms with Gasteiger partial charge in [-0.3, -0.25) is 4.79 Å². The van der Waals surface area contributed by atoms with Crippen molar-refractivity contribution >= 4 is 11.7 Å². The summed E-state index contributed by atoms with van der Waals surface area (Å²) >= 11 is 0. The number of nitrogens with one attached hydrogen (secondary N) is 1. The summed E-state index contributed by atoms with van der Waals surface area (Å²) in [5, 5.41) is 3.21. The van der Waals surface area contributed by atoms with Crippen LogP contribution < -0.4 is 5.32 Å². The molecule has 0 bridgehead atoms. The highest BCUT2D eigenvalue weighted by molar-refractivity contribution is 5.86. The summed E-state index contributed by atoms with van der Waals surface area (Å²) in [5.41, 5.74) is 0.925. The lowest BCUT2D eigenvalue weighted by Gasteiger charge is -2.17. The molecule has 2 aromatic rings. The van der Waals surface area contributed by atoms with Crippen molar-refractivity contribution in [3.63, 3.8) is 0 Å². The van der Waals surface area contributed by atoms with Crippen molar-refractivity contribution in [2.45, 2.75) is 38.8 Å². The SMILES string of the molecule is CC(C)c1nccc(NC2CCN(Cc3ccc(F)cc3)C2=O)n1. The number of carbonyl (C=O) groups excluding carboxylic acids is 1. The predicted molar refractivity (Wildman–Crippen MR) is 90.0 cm³/mol. The van der Waals surface area contributed by atoms with Crippen LogP contribution in [-0.4, -0.2) is 33.4 Å². The molecule has 1 N–H and O–H groups in total. The van der Waals surface area contributed by atoms with E-state index in [1.54, 1.807) is 29.3 Å². The minimum Gasteiger partial charge on any atom is -0.358 e. The predicted octanol–water partition coefficient (Wildman–Crippen LogP) is 2.95. The van der Waals surface area contributed by atoms with E-state index in [2.05, 4.69) is 15.3 Å². The second kappa shape index (κ2) is 6.95. The Kier molecular flexibility index (Phi) is 4.74. The average Bonchev–Trinajstić information content (AvgIpc) is 2.90. The van der Waals surface area contributed by atoms with Gasteiger partial charge in [-0.15, -0.1) is 0 Å². The Labute approximate surface area is 140 Å². The van der Waals surface area contributed by atoms with Crippen LogP contribution in [0.25, 0.3) is 0 Å². The molecule has 24 heavy (non-hydrogen) atoms. The summed E-state index contributed by atoms with van der Waals surface area (Å²) in [6.07, 6.45) is 2.43. The molecule has 0 saturated carbocycles. The fourth-order valence-electron chi connectivity index (χ4n) is 2.75. The maximum Gasteiger partial charge on any atom is 0.245 e. The molecule has 1 aromatic carbocycles. The fourth-order valence-corrected chi connectivity index (χ4v) is 2.75. The summed E-state index contributed by atoms with van der Waals surface area (Å²) < 4.78 is 13.0. The first-order chi connectivity index (χ1) is 11.5. The number of nitrogens with zero attached hydrogens (tertiary/aromatic N) is 3. The zero-order chi connectivity index (χ0) is 17.1. The van der Waals surface area contributed by atoms with Crippen molar-refractivity contribution in [1.82, 2.24) is 14.9 Å². The van der Waals surface area contributed by atoms with Gasteiger partial charge in [-0.1, -0.05) is 26.0 Å². The Morgan fingerprint density at radius 1 is 1.29 bits per heavy atom. The number of carbonyl (C=O) groups is 1. The molecule has 1 saturated heterocycles. The van der Waals surface area contributed by atoms with Gasteiger partial charge in [0.2, 0.25) is 5.91 Å². The number of halogens is 1. The molecule has 2 heterocycles. The van der Waals surface area contributed by atoms with Crippen LogP contribution in [0.5, 0.6) is 0 Å². The van der Waals surface area contributed by atoms with Crippen molar-refractivity contribution in [3.05, 3.63) is 53.7 Å². The lowest BCUT2D eigenvalue weighted by Crippen LogP contribution is -2.33. The van der Waals surface area contributed by atoms with Crippen LogP contribution in [0, 0.1) is 5.82 Å². The van der Waals surface area contributed by atoms with Gasteiger partial charge in [0, 0.05) is 25.2 Å². The summed E-state index contributed by atoms with van der Waals surface area (Å²) in [5.74, 6) is 1.45. The number of hydrogen-bond donors (Lipinski definition) is 1. The molecule has 3 rings (SSSR count). The van der Waals surface area contributed by atoms with Crippen molar-refractivity contribution in [1.29, 1.82) is 0 Å². The second-order valence-corrected chi connectivity index (χ2v) is 6.33. The second-order valence-electron chi connectivity index (χ2n) is 6.33. The Morgan fingerprint density at radius 3 is 2.75 bits per heavy atom. The van der Waals surface area contributed by atoms with E-state index in [1.165, 1.54) is 12.1 Å². The molecule has 1 unspecified atom stereocenters. The largest absolute Gasteiger partial charge is 0.358 e. The topological polar surface area (TPSA) is 58.1 Å². The van der Waals surface area contributed by atoms with Gasteiger partial charge < -0.3 is 10.2 Å². The van der Waals surface area contributed by atoms with Gasteiger partial charge in [0.05, 0.1) is 0 Å². The van der Waals surface area contributed by atoms with Gasteiger partial charge in [-0.25, -0.2) is 14.4 Å². The minimum atomic E-state index is -0.277. The third kappa shape index (κ3) is 3.69. The van der Waals surface area contributed by atoms with E-state index in [1.807, 2.05) is 13.8 Å². The van der Waals surface area contributed by atoms with Gasteiger partial charge in [0.1, 0.15) is 23.5 Å². The quantitative estimate of drug-likeness (QED) is 0.917. The zero-order valence-corrected chi connectivity index (χ0v) is 13.9. The molecule has 0 aliphatic carbocycles. The van der Waals surface area contributed by atoms with Gasteiger partial charge >= 0.3 is 0 Å². The maximum atomic E-state index is 13.0. The van der Waals surface area contributed by atoms with Crippen molar-refractivity contribution < 1.29 is 9.18 Å². The normalized spacial score (nSPS) is 17.6. The van der Waals surface area contributed by atoms with Crippen LogP contribution in [-0.2, 0) is 11.3 Å². The average molecular weight is 328 g/mol. The number of rotatable bonds is 5. The van der Waals surface area contributed by atoms with E-state index in [9.17, 15) is 9.18 Å². The number of amides is 1. The standard InChI is InChI=1S/C18H21FN4O/c1-12(2)17-20-9-7-16(22-17)21-15-8-10-23(18(15)24)11-13-3-5-14(19)6-4-13/h3-7,9,12,15H,8,10-11H2,1-2H3,(H,20,21,22). The van der Waals surface area contributed by atoms with Crippen LogP contribution in [0.1, 0.15) is 37.6 Å². The minimum absolute atomic E-state index is 0.0454. The zero-order valence-electron chi connectivity index (χ0n) is 13.9. The number of hydrogen-bond acceptors (Lipinski definition) is 4. The molecule has 1 amide bonds. The first kappa shape index (κ1) is 16.4. The van der Waals surface area contributed by atoms with Gasteiger partial charge in [-0.2, -0.15) is 0 Å². The molecular weight excluding hydrogens is 307 g/mol. The van der Waals surface area contributed by atoms with Crippen molar-refractivity contribution in [2.24, 2.45) is 0 Å². The Balaban J connectivity index is 1.63. The first-order valence-corrected chi connectivity index (χ1v) is 8.15. The first-order valence-electron chi connectivity index (χ1n) is 8.15. The Bertz CT molecular complexity index is 717. The molecule has 1 fully saturated rings. The third-order valence-corrected chi connectivity index (χ3v) is 4.10. The summed E-state index contributed by atoms with van der Waals surface area (Å²) in [4.78, 5) is 23.0. The molecule has 6 heteroatoms. The molecule has 0 radical (unpaired) electrons. The van der Waals surface area contributed by atoms with E-state index < -0.39 is 0 Å². The van der Waals surface area contributed by atoms with Crippen molar-refractivity contribution in [2.75, 3.05) is 11.9 Å². The molecule has 5 nitrogen and oxygen atoms in total. The lowest BCUT2D eigenvalue weighted by atomic mass is 10.2. The monoisotopic (exact) mass is 328 g/mol. The van der Waals surface area contributed by atoms with Crippen LogP contribution in [0.15, 0.2) is 36.5 Å². The van der Waals surface area contributed by atoms with E-state index in [-0.39, 0.29) is 23.7 Å². The highest BCUT2D eigenvalue weighted by Crippen LogP contribution is 2.19. The molecule has 1 aliphatic rings. The van der Waals surface area contributed by atoms with E-state index in [0.29, 0.717) is 18.9 Å². The highest BCUT2D eigenvalue weighted by Gasteiger charge is 2.31. The molecule has 126 valence electrons. The number of anilines is 1. The highest BCUT2D eigenvalue weighted by atomic mass is 19.1. The van der Waals surface area contributed by atoms with Crippen LogP contribution >= 0.6 is 0 Å². The number of likely N-dealkylation sites (tertiary alicyclic amines) is 1. The number of benzene rings is 1. The molecular formula is C18H21FN4O. The number of aromatic nitrogens is 2. The molecule has 1 aromatic heterocycles. The molecule has 1 atom stereocenters. The summed E-state index contributed by atoms with van der Waals surface area (Å²) in [6.45, 7) is 5.24. The van der Waals surface area contributed by atoms with Gasteiger partial charge in [0.25, 0.3) is 0 Å². The maximum absolute atomic E-state index is 13.0. The van der Waals surface area contributed by atoms with Gasteiger partial charge in [-0.05, 0) is 30.2 Å². The Hall–Kier alpha value is -2.50. The summed E-state index contributed by atoms with van der Waals surface area (Å²) in [6, 6.07) is 7.76. The van der Waals surface area contributed by atoms with E-state index in [0.717, 1.165) is 17.8 Å². The van der Waals surface area contributed by atoms with Gasteiger partial charge in [0.15, 0.2) is 0 Å². The molecule has 1 aliphatic heterocycles. The van der Waals surface area contributed by atoms with E-state index in [4.69, 9.17) is 0 Å². The fraction of sp³-hybridized carbons (Fsp3) is 0.389. The third-order valence-electron chi connectivity index (χ3n) is 4.10. The van der Waals surface area contributed by atoms with Crippen molar-refractivity contribution in [3.8, 4) is 0 Å². The van der Waals surface area contributed by atoms with Crippen LogP contribution in [0.3, 0.4) is 0 Å². The lowest BCUT2D eigenvalue weighted by molar-refractivity contribution is -0.128.